The van der Waals surface area contributed by atoms with E-state index in [-0.39, 0.29) is 23.7 Å². The van der Waals surface area contributed by atoms with E-state index >= 15 is 0 Å². The van der Waals surface area contributed by atoms with Gasteiger partial charge in [-0.15, -0.1) is 0 Å². The van der Waals surface area contributed by atoms with Crippen molar-refractivity contribution in [2.24, 2.45) is 0 Å². The molecule has 1 saturated carbocycles. The Morgan fingerprint density at radius 1 is 1.25 bits per heavy atom. The summed E-state index contributed by atoms with van der Waals surface area (Å²) in [4.78, 5) is 25.5. The van der Waals surface area contributed by atoms with Crippen molar-refractivity contribution in [2.75, 3.05) is 19.6 Å². The average Bonchev–Trinajstić information content (AvgIpc) is 3.34. The number of rotatable bonds is 4. The minimum absolute atomic E-state index is 0.0394. The van der Waals surface area contributed by atoms with Crippen molar-refractivity contribution in [3.05, 3.63) is 35.6 Å². The number of likely N-dealkylation sites (tertiary alicyclic amines) is 1. The lowest BCUT2D eigenvalue weighted by Crippen LogP contribution is -2.58. The summed E-state index contributed by atoms with van der Waals surface area (Å²) < 4.78 is 13.1. The molecule has 2 fully saturated rings. The van der Waals surface area contributed by atoms with Gasteiger partial charge in [-0.05, 0) is 43.4 Å². The quantitative estimate of drug-likeness (QED) is 0.873. The SMILES string of the molecule is CC(=O)N1CCCC(O)(C(=O)NCC2(c3ccc(F)cc3)CC2)C1. The van der Waals surface area contributed by atoms with E-state index in [1.165, 1.54) is 24.0 Å². The van der Waals surface area contributed by atoms with Crippen LogP contribution in [-0.4, -0.2) is 47.1 Å². The van der Waals surface area contributed by atoms with Crippen molar-refractivity contribution in [1.82, 2.24) is 10.2 Å². The predicted molar refractivity (Wildman–Crippen MR) is 86.8 cm³/mol. The Kier molecular flexibility index (Phi) is 4.34. The fraction of sp³-hybridized carbons (Fsp3) is 0.556. The average molecular weight is 334 g/mol. The number of amides is 2. The van der Waals surface area contributed by atoms with Gasteiger partial charge in [-0.2, -0.15) is 0 Å². The molecule has 1 aliphatic carbocycles. The molecule has 0 aromatic heterocycles. The Morgan fingerprint density at radius 2 is 1.92 bits per heavy atom. The highest BCUT2D eigenvalue weighted by atomic mass is 19.1. The summed E-state index contributed by atoms with van der Waals surface area (Å²) in [5, 5.41) is 13.5. The highest BCUT2D eigenvalue weighted by Crippen LogP contribution is 2.47. The summed E-state index contributed by atoms with van der Waals surface area (Å²) in [6.07, 6.45) is 2.81. The van der Waals surface area contributed by atoms with Gasteiger partial charge in [0.2, 0.25) is 5.91 Å². The van der Waals surface area contributed by atoms with Gasteiger partial charge in [0, 0.05) is 25.4 Å². The Morgan fingerprint density at radius 3 is 2.50 bits per heavy atom. The second-order valence-electron chi connectivity index (χ2n) is 7.05. The van der Waals surface area contributed by atoms with Crippen LogP contribution in [0.3, 0.4) is 0 Å². The molecule has 1 saturated heterocycles. The monoisotopic (exact) mass is 334 g/mol. The number of carbonyl (C=O) groups excluding carboxylic acids is 2. The number of β-amino-alcohol motifs (C(OH)–C–C–N with tert-alkyl or cyclic N) is 1. The smallest absolute Gasteiger partial charge is 0.253 e. The summed E-state index contributed by atoms with van der Waals surface area (Å²) in [7, 11) is 0. The normalized spacial score (nSPS) is 25.2. The zero-order valence-electron chi connectivity index (χ0n) is 13.8. The molecule has 1 unspecified atom stereocenters. The number of carbonyl (C=O) groups is 2. The van der Waals surface area contributed by atoms with Crippen molar-refractivity contribution in [2.45, 2.75) is 43.6 Å². The lowest BCUT2D eigenvalue weighted by atomic mass is 9.90. The number of halogens is 1. The molecule has 2 N–H and O–H groups in total. The molecule has 1 aliphatic heterocycles. The van der Waals surface area contributed by atoms with Gasteiger partial charge in [-0.25, -0.2) is 4.39 Å². The molecule has 3 rings (SSSR count). The van der Waals surface area contributed by atoms with E-state index in [2.05, 4.69) is 5.32 Å². The van der Waals surface area contributed by atoms with Crippen LogP contribution >= 0.6 is 0 Å². The number of hydrogen-bond acceptors (Lipinski definition) is 3. The molecule has 2 aliphatic rings. The van der Waals surface area contributed by atoms with E-state index in [1.807, 2.05) is 0 Å². The molecule has 0 radical (unpaired) electrons. The van der Waals surface area contributed by atoms with E-state index in [9.17, 15) is 19.1 Å². The third kappa shape index (κ3) is 3.29. The number of nitrogens with one attached hydrogen (secondary N) is 1. The third-order valence-electron chi connectivity index (χ3n) is 5.24. The van der Waals surface area contributed by atoms with Crippen molar-refractivity contribution in [3.8, 4) is 0 Å². The number of hydrogen-bond donors (Lipinski definition) is 2. The van der Waals surface area contributed by atoms with Crippen molar-refractivity contribution in [1.29, 1.82) is 0 Å². The second kappa shape index (κ2) is 6.16. The predicted octanol–water partition coefficient (Wildman–Crippen LogP) is 1.35. The summed E-state index contributed by atoms with van der Waals surface area (Å²) in [5.74, 6) is -0.841. The molecule has 1 aromatic carbocycles. The zero-order chi connectivity index (χ0) is 17.4. The largest absolute Gasteiger partial charge is 0.378 e. The summed E-state index contributed by atoms with van der Waals surface area (Å²) in [5.41, 5.74) is -0.678. The van der Waals surface area contributed by atoms with Crippen LogP contribution in [-0.2, 0) is 15.0 Å². The Bertz CT molecular complexity index is 642. The summed E-state index contributed by atoms with van der Waals surface area (Å²) in [6.45, 7) is 2.47. The highest BCUT2D eigenvalue weighted by molar-refractivity contribution is 5.86. The van der Waals surface area contributed by atoms with Crippen molar-refractivity contribution in [3.63, 3.8) is 0 Å². The van der Waals surface area contributed by atoms with Gasteiger partial charge in [0.15, 0.2) is 5.60 Å². The second-order valence-corrected chi connectivity index (χ2v) is 7.05. The molecule has 24 heavy (non-hydrogen) atoms. The first-order valence-corrected chi connectivity index (χ1v) is 8.37. The number of benzene rings is 1. The Labute approximate surface area is 140 Å². The van der Waals surface area contributed by atoms with Crippen LogP contribution in [0.5, 0.6) is 0 Å². The van der Waals surface area contributed by atoms with Crippen LogP contribution in [0.15, 0.2) is 24.3 Å². The van der Waals surface area contributed by atoms with Gasteiger partial charge in [-0.3, -0.25) is 9.59 Å². The number of nitrogens with zero attached hydrogens (tertiary/aromatic N) is 1. The van der Waals surface area contributed by atoms with Gasteiger partial charge < -0.3 is 15.3 Å². The van der Waals surface area contributed by atoms with Crippen LogP contribution < -0.4 is 5.32 Å². The molecule has 0 spiro atoms. The first-order chi connectivity index (χ1) is 11.3. The fourth-order valence-electron chi connectivity index (χ4n) is 3.43. The van der Waals surface area contributed by atoms with Gasteiger partial charge in [-0.1, -0.05) is 12.1 Å². The molecule has 2 amide bonds. The van der Waals surface area contributed by atoms with Crippen LogP contribution in [0, 0.1) is 5.82 Å². The fourth-order valence-corrected chi connectivity index (χ4v) is 3.43. The minimum atomic E-state index is -1.53. The molecular weight excluding hydrogens is 311 g/mol. The van der Waals surface area contributed by atoms with Crippen LogP contribution in [0.2, 0.25) is 0 Å². The van der Waals surface area contributed by atoms with Gasteiger partial charge in [0.1, 0.15) is 5.82 Å². The molecule has 6 heteroatoms. The molecule has 5 nitrogen and oxygen atoms in total. The van der Waals surface area contributed by atoms with Crippen LogP contribution in [0.4, 0.5) is 4.39 Å². The lowest BCUT2D eigenvalue weighted by Gasteiger charge is -2.37. The Balaban J connectivity index is 1.63. The van der Waals surface area contributed by atoms with Crippen LogP contribution in [0.25, 0.3) is 0 Å². The number of piperidine rings is 1. The molecular formula is C18H23FN2O3. The maximum absolute atomic E-state index is 13.1. The zero-order valence-corrected chi connectivity index (χ0v) is 13.8. The first-order valence-electron chi connectivity index (χ1n) is 8.37. The van der Waals surface area contributed by atoms with Crippen LogP contribution in [0.1, 0.15) is 38.2 Å². The first kappa shape index (κ1) is 16.9. The summed E-state index contributed by atoms with van der Waals surface area (Å²) in [6, 6.07) is 6.36. The van der Waals surface area contributed by atoms with E-state index in [1.54, 1.807) is 12.1 Å². The van der Waals surface area contributed by atoms with E-state index < -0.39 is 11.5 Å². The summed E-state index contributed by atoms with van der Waals surface area (Å²) >= 11 is 0. The third-order valence-corrected chi connectivity index (χ3v) is 5.24. The van der Waals surface area contributed by atoms with E-state index in [4.69, 9.17) is 0 Å². The minimum Gasteiger partial charge on any atom is -0.378 e. The molecule has 1 aromatic rings. The number of aliphatic hydroxyl groups is 1. The molecule has 0 bridgehead atoms. The molecule has 130 valence electrons. The van der Waals surface area contributed by atoms with E-state index in [0.717, 1.165) is 18.4 Å². The van der Waals surface area contributed by atoms with Gasteiger partial charge in [0.05, 0.1) is 6.54 Å². The van der Waals surface area contributed by atoms with Gasteiger partial charge >= 0.3 is 0 Å². The maximum Gasteiger partial charge on any atom is 0.253 e. The molecule has 1 heterocycles. The standard InChI is InChI=1S/C18H23FN2O3/c1-13(22)21-10-2-7-18(24,12-21)16(23)20-11-17(8-9-17)14-3-5-15(19)6-4-14/h3-6,24H,2,7-12H2,1H3,(H,20,23). The van der Waals surface area contributed by atoms with Crippen molar-refractivity contribution < 1.29 is 19.1 Å². The lowest BCUT2D eigenvalue weighted by molar-refractivity contribution is -0.150. The van der Waals surface area contributed by atoms with Crippen molar-refractivity contribution >= 4 is 11.8 Å². The van der Waals surface area contributed by atoms with Gasteiger partial charge in [0.25, 0.3) is 5.91 Å². The maximum atomic E-state index is 13.1. The Hall–Kier alpha value is -1.95. The molecule has 1 atom stereocenters. The topological polar surface area (TPSA) is 69.6 Å². The highest BCUT2D eigenvalue weighted by Gasteiger charge is 2.46. The van der Waals surface area contributed by atoms with E-state index in [0.29, 0.717) is 25.9 Å².